The number of anilines is 1. The second kappa shape index (κ2) is 4.96. The maximum Gasteiger partial charge on any atom is 0.132 e. The molecule has 0 spiro atoms. The van der Waals surface area contributed by atoms with Crippen molar-refractivity contribution in [1.82, 2.24) is 0 Å². The smallest absolute Gasteiger partial charge is 0.132 e. The molecule has 1 aliphatic carbocycles. The maximum atomic E-state index is 9.52. The number of hydrogen-bond acceptors (Lipinski definition) is 3. The van der Waals surface area contributed by atoms with Crippen molar-refractivity contribution in [3.63, 3.8) is 0 Å². The summed E-state index contributed by atoms with van der Waals surface area (Å²) in [6.45, 7) is 0.110. The summed E-state index contributed by atoms with van der Waals surface area (Å²) in [6.07, 6.45) is 4.20. The van der Waals surface area contributed by atoms with Gasteiger partial charge in [0.05, 0.1) is 6.61 Å². The molecule has 0 radical (unpaired) electrons. The molecule has 1 fully saturated rings. The van der Waals surface area contributed by atoms with E-state index in [-0.39, 0.29) is 12.2 Å². The van der Waals surface area contributed by atoms with Gasteiger partial charge in [-0.1, -0.05) is 6.07 Å². The number of ether oxygens (including phenoxy) is 1. The fraction of sp³-hybridized carbons (Fsp3) is 0.571. The Hall–Kier alpha value is -1.22. The molecule has 0 atom stereocenters. The van der Waals surface area contributed by atoms with Gasteiger partial charge in [-0.05, 0) is 37.8 Å². The molecule has 0 amide bonds. The van der Waals surface area contributed by atoms with Crippen molar-refractivity contribution in [2.75, 3.05) is 25.6 Å². The lowest BCUT2D eigenvalue weighted by molar-refractivity contribution is 0.0152. The molecule has 0 saturated heterocycles. The highest BCUT2D eigenvalue weighted by molar-refractivity contribution is 5.49. The van der Waals surface area contributed by atoms with Gasteiger partial charge in [0.1, 0.15) is 11.4 Å². The van der Waals surface area contributed by atoms with Crippen molar-refractivity contribution >= 4 is 5.69 Å². The maximum absolute atomic E-state index is 9.52. The zero-order valence-corrected chi connectivity index (χ0v) is 10.6. The molecule has 0 bridgehead atoms. The standard InChI is InChI=1S/C14H21NO2/c1-15(2)12-6-5-7-13(10-12)17-14(11-16)8-3-4-9-14/h5-7,10,16H,3-4,8-9,11H2,1-2H3. The molecule has 3 heteroatoms. The molecule has 0 aromatic heterocycles. The second-order valence-electron chi connectivity index (χ2n) is 5.04. The van der Waals surface area contributed by atoms with E-state index in [4.69, 9.17) is 4.74 Å². The molecule has 1 aromatic rings. The van der Waals surface area contributed by atoms with Crippen LogP contribution < -0.4 is 9.64 Å². The summed E-state index contributed by atoms with van der Waals surface area (Å²) in [4.78, 5) is 2.05. The molecule has 0 unspecified atom stereocenters. The molecule has 94 valence electrons. The predicted octanol–water partition coefficient (Wildman–Crippen LogP) is 2.44. The van der Waals surface area contributed by atoms with E-state index in [1.807, 2.05) is 43.3 Å². The van der Waals surface area contributed by atoms with Crippen LogP contribution in [0.3, 0.4) is 0 Å². The molecule has 0 aliphatic heterocycles. The van der Waals surface area contributed by atoms with Crippen LogP contribution >= 0.6 is 0 Å². The van der Waals surface area contributed by atoms with Gasteiger partial charge in [-0.2, -0.15) is 0 Å². The van der Waals surface area contributed by atoms with Crippen LogP contribution in [-0.2, 0) is 0 Å². The van der Waals surface area contributed by atoms with Crippen molar-refractivity contribution in [3.8, 4) is 5.75 Å². The first kappa shape index (κ1) is 12.2. The van der Waals surface area contributed by atoms with Gasteiger partial charge in [-0.3, -0.25) is 0 Å². The molecule has 3 nitrogen and oxygen atoms in total. The Labute approximate surface area is 103 Å². The minimum absolute atomic E-state index is 0.110. The lowest BCUT2D eigenvalue weighted by Gasteiger charge is -2.28. The van der Waals surface area contributed by atoms with Crippen LogP contribution in [-0.4, -0.2) is 31.4 Å². The van der Waals surface area contributed by atoms with Crippen LogP contribution in [0.1, 0.15) is 25.7 Å². The van der Waals surface area contributed by atoms with Crippen LogP contribution in [0, 0.1) is 0 Å². The van der Waals surface area contributed by atoms with Gasteiger partial charge < -0.3 is 14.7 Å². The summed E-state index contributed by atoms with van der Waals surface area (Å²) >= 11 is 0. The third kappa shape index (κ3) is 2.72. The van der Waals surface area contributed by atoms with Crippen LogP contribution in [0.5, 0.6) is 5.75 Å². The van der Waals surface area contributed by atoms with Gasteiger partial charge >= 0.3 is 0 Å². The van der Waals surface area contributed by atoms with Gasteiger partial charge in [-0.15, -0.1) is 0 Å². The topological polar surface area (TPSA) is 32.7 Å². The van der Waals surface area contributed by atoms with E-state index < -0.39 is 0 Å². The van der Waals surface area contributed by atoms with E-state index in [2.05, 4.69) is 0 Å². The molecule has 2 rings (SSSR count). The van der Waals surface area contributed by atoms with Gasteiger partial charge in [0.25, 0.3) is 0 Å². The molecule has 1 aliphatic rings. The highest BCUT2D eigenvalue weighted by Crippen LogP contribution is 2.34. The largest absolute Gasteiger partial charge is 0.485 e. The third-order valence-electron chi connectivity index (χ3n) is 3.47. The first-order valence-corrected chi connectivity index (χ1v) is 6.22. The van der Waals surface area contributed by atoms with E-state index in [0.29, 0.717) is 0 Å². The second-order valence-corrected chi connectivity index (χ2v) is 5.04. The van der Waals surface area contributed by atoms with Gasteiger partial charge in [0.2, 0.25) is 0 Å². The first-order valence-electron chi connectivity index (χ1n) is 6.22. The van der Waals surface area contributed by atoms with Gasteiger partial charge in [0, 0.05) is 25.8 Å². The Balaban J connectivity index is 2.14. The summed E-state index contributed by atoms with van der Waals surface area (Å²) in [5.41, 5.74) is 0.777. The third-order valence-corrected chi connectivity index (χ3v) is 3.47. The zero-order valence-electron chi connectivity index (χ0n) is 10.6. The summed E-state index contributed by atoms with van der Waals surface area (Å²) in [7, 11) is 4.02. The summed E-state index contributed by atoms with van der Waals surface area (Å²) in [5, 5.41) is 9.52. The Morgan fingerprint density at radius 1 is 1.29 bits per heavy atom. The van der Waals surface area contributed by atoms with Crippen molar-refractivity contribution in [3.05, 3.63) is 24.3 Å². The first-order chi connectivity index (χ1) is 8.15. The fourth-order valence-electron chi connectivity index (χ4n) is 2.39. The number of rotatable bonds is 4. The minimum atomic E-state index is -0.342. The average molecular weight is 235 g/mol. The fourth-order valence-corrected chi connectivity index (χ4v) is 2.39. The quantitative estimate of drug-likeness (QED) is 0.870. The van der Waals surface area contributed by atoms with Crippen LogP contribution in [0.25, 0.3) is 0 Å². The number of hydrogen-bond donors (Lipinski definition) is 1. The monoisotopic (exact) mass is 235 g/mol. The molecule has 0 heterocycles. The summed E-state index contributed by atoms with van der Waals surface area (Å²) in [6, 6.07) is 8.02. The van der Waals surface area contributed by atoms with E-state index in [0.717, 1.165) is 37.1 Å². The lowest BCUT2D eigenvalue weighted by atomic mass is 10.0. The Morgan fingerprint density at radius 3 is 2.59 bits per heavy atom. The van der Waals surface area contributed by atoms with Gasteiger partial charge in [-0.25, -0.2) is 0 Å². The van der Waals surface area contributed by atoms with E-state index in [9.17, 15) is 5.11 Å². The Kier molecular flexibility index (Phi) is 3.57. The number of aliphatic hydroxyl groups excluding tert-OH is 1. The molecule has 1 aromatic carbocycles. The highest BCUT2D eigenvalue weighted by atomic mass is 16.5. The molecule has 17 heavy (non-hydrogen) atoms. The number of nitrogens with zero attached hydrogens (tertiary/aromatic N) is 1. The predicted molar refractivity (Wildman–Crippen MR) is 69.7 cm³/mol. The van der Waals surface area contributed by atoms with Crippen molar-refractivity contribution < 1.29 is 9.84 Å². The van der Waals surface area contributed by atoms with E-state index >= 15 is 0 Å². The van der Waals surface area contributed by atoms with Gasteiger partial charge in [0.15, 0.2) is 0 Å². The van der Waals surface area contributed by atoms with Crippen molar-refractivity contribution in [2.24, 2.45) is 0 Å². The SMILES string of the molecule is CN(C)c1cccc(OC2(CO)CCCC2)c1. The Morgan fingerprint density at radius 2 is 2.00 bits per heavy atom. The summed E-state index contributed by atoms with van der Waals surface area (Å²) in [5.74, 6) is 0.854. The molecule has 1 saturated carbocycles. The van der Waals surface area contributed by atoms with Crippen molar-refractivity contribution in [1.29, 1.82) is 0 Å². The normalized spacial score (nSPS) is 18.1. The average Bonchev–Trinajstić information content (AvgIpc) is 2.78. The van der Waals surface area contributed by atoms with Crippen LogP contribution in [0.2, 0.25) is 0 Å². The van der Waals surface area contributed by atoms with E-state index in [1.54, 1.807) is 0 Å². The Bertz CT molecular complexity index is 370. The molecule has 1 N–H and O–H groups in total. The van der Waals surface area contributed by atoms with E-state index in [1.165, 1.54) is 0 Å². The molecular weight excluding hydrogens is 214 g/mol. The zero-order chi connectivity index (χ0) is 12.3. The van der Waals surface area contributed by atoms with Crippen molar-refractivity contribution in [2.45, 2.75) is 31.3 Å². The molecular formula is C14H21NO2. The number of benzene rings is 1. The lowest BCUT2D eigenvalue weighted by Crippen LogP contribution is -2.36. The minimum Gasteiger partial charge on any atom is -0.485 e. The number of aliphatic hydroxyl groups is 1. The van der Waals surface area contributed by atoms with Crippen LogP contribution in [0.15, 0.2) is 24.3 Å². The van der Waals surface area contributed by atoms with Crippen LogP contribution in [0.4, 0.5) is 5.69 Å². The summed E-state index contributed by atoms with van der Waals surface area (Å²) < 4.78 is 6.03. The highest BCUT2D eigenvalue weighted by Gasteiger charge is 2.35.